The molecular formula is C25H33ClN9O5+. The number of aliphatic hydroxyl groups is 1. The number of hydrogen-bond donors (Lipinski definition) is 4. The van der Waals surface area contributed by atoms with E-state index in [0.717, 1.165) is 11.0 Å². The zero-order valence-corrected chi connectivity index (χ0v) is 23.1. The molecule has 1 aromatic carbocycles. The van der Waals surface area contributed by atoms with E-state index >= 15 is 0 Å². The fourth-order valence-corrected chi connectivity index (χ4v) is 4.84. The van der Waals surface area contributed by atoms with E-state index in [1.165, 1.54) is 6.92 Å². The third-order valence-electron chi connectivity index (χ3n) is 6.76. The Morgan fingerprint density at radius 1 is 1.12 bits per heavy atom. The summed E-state index contributed by atoms with van der Waals surface area (Å²) in [6.07, 6.45) is 0. The average molecular weight is 575 g/mol. The number of aryl methyl sites for hydroxylation is 1. The van der Waals surface area contributed by atoms with Gasteiger partial charge in [0.05, 0.1) is 13.2 Å². The van der Waals surface area contributed by atoms with Crippen LogP contribution in [0.1, 0.15) is 30.2 Å². The van der Waals surface area contributed by atoms with Gasteiger partial charge in [0.2, 0.25) is 5.91 Å². The largest absolute Gasteiger partial charge is 0.484 e. The molecule has 2 aromatic heterocycles. The number of carbonyl (C=O) groups is 3. The predicted molar refractivity (Wildman–Crippen MR) is 146 cm³/mol. The number of ether oxygens (including phenoxy) is 1. The first-order chi connectivity index (χ1) is 19.1. The molecule has 6 N–H and O–H groups in total. The lowest BCUT2D eigenvalue weighted by Gasteiger charge is -2.34. The van der Waals surface area contributed by atoms with Crippen LogP contribution in [0.5, 0.6) is 5.75 Å². The summed E-state index contributed by atoms with van der Waals surface area (Å²) >= 11 is 5.92. The van der Waals surface area contributed by atoms with Crippen molar-refractivity contribution in [3.05, 3.63) is 34.9 Å². The summed E-state index contributed by atoms with van der Waals surface area (Å²) in [4.78, 5) is 48.2. The number of aliphatic hydroxyl groups excluding tert-OH is 1. The predicted octanol–water partition coefficient (Wildman–Crippen LogP) is -0.452. The minimum atomic E-state index is -0.581. The van der Waals surface area contributed by atoms with E-state index in [1.807, 2.05) is 22.1 Å². The van der Waals surface area contributed by atoms with Gasteiger partial charge in [-0.2, -0.15) is 0 Å². The summed E-state index contributed by atoms with van der Waals surface area (Å²) in [5.41, 5.74) is 12.9. The summed E-state index contributed by atoms with van der Waals surface area (Å²) in [6.45, 7) is 6.06. The number of fused-ring (bicyclic) bond motifs is 1. The van der Waals surface area contributed by atoms with Gasteiger partial charge in [0.25, 0.3) is 17.6 Å². The molecular weight excluding hydrogens is 542 g/mol. The van der Waals surface area contributed by atoms with Crippen molar-refractivity contribution in [1.29, 1.82) is 0 Å². The highest BCUT2D eigenvalue weighted by Crippen LogP contribution is 2.22. The molecule has 0 saturated carbocycles. The Hall–Kier alpha value is -4.17. The molecule has 3 aromatic rings. The van der Waals surface area contributed by atoms with Gasteiger partial charge >= 0.3 is 0 Å². The molecule has 15 heteroatoms. The molecule has 0 atom stereocenters. The molecule has 1 fully saturated rings. The molecule has 4 rings (SSSR count). The van der Waals surface area contributed by atoms with Crippen molar-refractivity contribution in [3.63, 3.8) is 0 Å². The maximum absolute atomic E-state index is 12.8. The lowest BCUT2D eigenvalue weighted by molar-refractivity contribution is -0.676. The highest BCUT2D eigenvalue weighted by atomic mass is 35.5. The van der Waals surface area contributed by atoms with Crippen LogP contribution in [-0.2, 0) is 29.2 Å². The monoisotopic (exact) mass is 574 g/mol. The number of nitrogen functional groups attached to an aromatic ring is 2. The minimum absolute atomic E-state index is 0.00163. The zero-order valence-electron chi connectivity index (χ0n) is 22.4. The number of nitrogens with two attached hydrogens (primary N) is 2. The van der Waals surface area contributed by atoms with Crippen molar-refractivity contribution in [3.8, 4) is 5.75 Å². The smallest absolute Gasteiger partial charge is 0.277 e. The van der Waals surface area contributed by atoms with E-state index in [-0.39, 0.29) is 60.6 Å². The van der Waals surface area contributed by atoms with E-state index in [9.17, 15) is 19.5 Å². The van der Waals surface area contributed by atoms with Gasteiger partial charge in [0.15, 0.2) is 40.1 Å². The van der Waals surface area contributed by atoms with Gasteiger partial charge in [-0.15, -0.1) is 0 Å². The van der Waals surface area contributed by atoms with Crippen LogP contribution in [0.25, 0.3) is 11.0 Å². The van der Waals surface area contributed by atoms with Gasteiger partial charge < -0.3 is 36.4 Å². The minimum Gasteiger partial charge on any atom is -0.484 e. The van der Waals surface area contributed by atoms with E-state index in [0.29, 0.717) is 44.3 Å². The standard InChI is InChI=1S/C25H32ClN9O5/c1-3-34-17-5-4-16(40-14-20(38)33-8-6-32(7-9-33)15(2)37)12-18(17)35(10-11-36)19(34)13-29-25(39)21-23(27)31-24(28)22(26)30-21/h4-5,12,36H,3,6-11,13-14H2,1-2H3,(H4-,27,28,29,31,39)/p+1. The summed E-state index contributed by atoms with van der Waals surface area (Å²) in [5.74, 6) is 0.239. The molecule has 0 spiro atoms. The lowest BCUT2D eigenvalue weighted by Crippen LogP contribution is -2.51. The molecule has 0 bridgehead atoms. The fourth-order valence-electron chi connectivity index (χ4n) is 4.71. The van der Waals surface area contributed by atoms with Crippen molar-refractivity contribution in [2.75, 3.05) is 50.9 Å². The van der Waals surface area contributed by atoms with Crippen LogP contribution in [0, 0.1) is 0 Å². The second-order valence-electron chi connectivity index (χ2n) is 9.18. The summed E-state index contributed by atoms with van der Waals surface area (Å²) in [6, 6.07) is 5.44. The molecule has 0 radical (unpaired) electrons. The van der Waals surface area contributed by atoms with Crippen LogP contribution >= 0.6 is 11.6 Å². The van der Waals surface area contributed by atoms with Crippen LogP contribution < -0.4 is 26.1 Å². The Balaban J connectivity index is 1.51. The SMILES string of the molecule is CC[n+]1c(CNC(=O)c2nc(Cl)c(N)nc2N)n(CCO)c2cc(OCC(=O)N3CCN(C(C)=O)CC3)ccc21. The Labute approximate surface area is 235 Å². The number of nitrogens with one attached hydrogen (secondary N) is 1. The molecule has 40 heavy (non-hydrogen) atoms. The quantitative estimate of drug-likeness (QED) is 0.245. The Bertz CT molecular complexity index is 1440. The molecule has 0 unspecified atom stereocenters. The number of anilines is 2. The van der Waals surface area contributed by atoms with Crippen LogP contribution in [0.2, 0.25) is 5.15 Å². The number of halogens is 1. The maximum Gasteiger partial charge on any atom is 0.277 e. The van der Waals surface area contributed by atoms with Crippen molar-refractivity contribution in [2.24, 2.45) is 0 Å². The first-order valence-electron chi connectivity index (χ1n) is 12.8. The highest BCUT2D eigenvalue weighted by molar-refractivity contribution is 6.31. The van der Waals surface area contributed by atoms with E-state index in [2.05, 4.69) is 15.3 Å². The summed E-state index contributed by atoms with van der Waals surface area (Å²) in [5, 5.41) is 12.5. The number of carbonyl (C=O) groups excluding carboxylic acids is 3. The number of rotatable bonds is 9. The number of imidazole rings is 1. The van der Waals surface area contributed by atoms with Crippen LogP contribution in [0.3, 0.4) is 0 Å². The topological polar surface area (TPSA) is 186 Å². The number of amides is 3. The first kappa shape index (κ1) is 28.8. The van der Waals surface area contributed by atoms with Gasteiger partial charge in [-0.05, 0) is 19.1 Å². The Morgan fingerprint density at radius 2 is 1.82 bits per heavy atom. The number of aromatic nitrogens is 4. The van der Waals surface area contributed by atoms with Gasteiger partial charge in [0.1, 0.15) is 18.8 Å². The Kier molecular flexibility index (Phi) is 8.90. The van der Waals surface area contributed by atoms with E-state index in [4.69, 9.17) is 27.8 Å². The number of benzene rings is 1. The van der Waals surface area contributed by atoms with Gasteiger partial charge in [-0.25, -0.2) is 19.1 Å². The van der Waals surface area contributed by atoms with Gasteiger partial charge in [-0.1, -0.05) is 11.6 Å². The fraction of sp³-hybridized carbons (Fsp3) is 0.440. The van der Waals surface area contributed by atoms with Crippen LogP contribution in [0.4, 0.5) is 11.6 Å². The zero-order chi connectivity index (χ0) is 29.0. The van der Waals surface area contributed by atoms with E-state index in [1.54, 1.807) is 21.9 Å². The van der Waals surface area contributed by atoms with Crippen LogP contribution in [0.15, 0.2) is 18.2 Å². The third-order valence-corrected chi connectivity index (χ3v) is 7.04. The molecule has 1 aliphatic rings. The summed E-state index contributed by atoms with van der Waals surface area (Å²) < 4.78 is 9.71. The summed E-state index contributed by atoms with van der Waals surface area (Å²) in [7, 11) is 0. The first-order valence-corrected chi connectivity index (χ1v) is 13.2. The third kappa shape index (κ3) is 6.02. The van der Waals surface area contributed by atoms with Crippen molar-refractivity contribution in [1.82, 2.24) is 29.7 Å². The van der Waals surface area contributed by atoms with Crippen molar-refractivity contribution in [2.45, 2.75) is 33.5 Å². The molecule has 0 aliphatic carbocycles. The molecule has 1 aliphatic heterocycles. The normalized spacial score (nSPS) is 13.5. The second-order valence-corrected chi connectivity index (χ2v) is 9.54. The van der Waals surface area contributed by atoms with Gasteiger partial charge in [0, 0.05) is 39.2 Å². The number of hydrogen-bond acceptors (Lipinski definition) is 9. The Morgan fingerprint density at radius 3 is 2.48 bits per heavy atom. The van der Waals surface area contributed by atoms with Crippen LogP contribution in [-0.4, -0.2) is 86.6 Å². The molecule has 3 amide bonds. The molecule has 3 heterocycles. The highest BCUT2D eigenvalue weighted by Gasteiger charge is 2.27. The maximum atomic E-state index is 12.8. The lowest BCUT2D eigenvalue weighted by atomic mass is 10.3. The van der Waals surface area contributed by atoms with Crippen molar-refractivity contribution >= 4 is 52.0 Å². The molecule has 214 valence electrons. The van der Waals surface area contributed by atoms with Gasteiger partial charge in [-0.3, -0.25) is 14.4 Å². The van der Waals surface area contributed by atoms with Crippen molar-refractivity contribution < 1.29 is 28.8 Å². The number of piperazine rings is 1. The molecule has 14 nitrogen and oxygen atoms in total. The van der Waals surface area contributed by atoms with E-state index < -0.39 is 5.91 Å². The molecule has 1 saturated heterocycles. The average Bonchev–Trinajstić information content (AvgIpc) is 3.24. The second kappa shape index (κ2) is 12.3. The number of nitrogens with zero attached hydrogens (tertiary/aromatic N) is 6.